The Hall–Kier alpha value is 0.250. The van der Waals surface area contributed by atoms with Crippen molar-refractivity contribution in [2.24, 2.45) is 0 Å². The Morgan fingerprint density at radius 3 is 1.92 bits per heavy atom. The number of rotatable bonds is 4. The second-order valence-electron chi connectivity index (χ2n) is 4.03. The van der Waals surface area contributed by atoms with Gasteiger partial charge in [0.15, 0.2) is 0 Å². The topological polar surface area (TPSA) is 9.23 Å². The monoisotopic (exact) mass is 204 g/mol. The average Bonchev–Trinajstić information content (AvgIpc) is 2.04. The van der Waals surface area contributed by atoms with E-state index < -0.39 is 0 Å². The second-order valence-corrected chi connectivity index (χ2v) is 4.64. The maximum atomic E-state index is 6.20. The summed E-state index contributed by atoms with van der Waals surface area (Å²) in [6.45, 7) is 4.41. The summed E-state index contributed by atoms with van der Waals surface area (Å²) in [7, 11) is 0. The standard InChI is InChI=1S/C11H21ClO/c1-3-5-10-7-9(12)8-11(13-10)6-4-2/h9-11H,3-8H2,1-2H3. The van der Waals surface area contributed by atoms with Gasteiger partial charge in [0.1, 0.15) is 0 Å². The van der Waals surface area contributed by atoms with Gasteiger partial charge in [-0.3, -0.25) is 0 Å². The van der Waals surface area contributed by atoms with Crippen LogP contribution in [0.1, 0.15) is 52.4 Å². The number of hydrogen-bond acceptors (Lipinski definition) is 1. The van der Waals surface area contributed by atoms with Crippen molar-refractivity contribution in [3.63, 3.8) is 0 Å². The highest BCUT2D eigenvalue weighted by Crippen LogP contribution is 2.28. The summed E-state index contributed by atoms with van der Waals surface area (Å²) in [5.41, 5.74) is 0. The number of alkyl halides is 1. The van der Waals surface area contributed by atoms with Crippen molar-refractivity contribution in [1.82, 2.24) is 0 Å². The van der Waals surface area contributed by atoms with Crippen molar-refractivity contribution >= 4 is 11.6 Å². The van der Waals surface area contributed by atoms with E-state index in [9.17, 15) is 0 Å². The van der Waals surface area contributed by atoms with E-state index in [2.05, 4.69) is 13.8 Å². The van der Waals surface area contributed by atoms with E-state index in [1.54, 1.807) is 0 Å². The molecule has 1 aliphatic heterocycles. The molecule has 0 saturated carbocycles. The van der Waals surface area contributed by atoms with Crippen LogP contribution in [0.2, 0.25) is 0 Å². The molecule has 2 atom stereocenters. The molecule has 0 aliphatic carbocycles. The van der Waals surface area contributed by atoms with Crippen LogP contribution in [0.15, 0.2) is 0 Å². The maximum absolute atomic E-state index is 6.20. The van der Waals surface area contributed by atoms with E-state index in [0.717, 1.165) is 12.8 Å². The second kappa shape index (κ2) is 5.87. The summed E-state index contributed by atoms with van der Waals surface area (Å²) < 4.78 is 5.95. The van der Waals surface area contributed by atoms with Crippen LogP contribution in [0.25, 0.3) is 0 Å². The van der Waals surface area contributed by atoms with Gasteiger partial charge < -0.3 is 4.74 Å². The smallest absolute Gasteiger partial charge is 0.0592 e. The van der Waals surface area contributed by atoms with Crippen LogP contribution < -0.4 is 0 Å². The number of ether oxygens (including phenoxy) is 1. The third-order valence-electron chi connectivity index (χ3n) is 2.64. The van der Waals surface area contributed by atoms with Gasteiger partial charge in [0.05, 0.1) is 12.2 Å². The Balaban J connectivity index is 2.33. The molecule has 0 aromatic rings. The van der Waals surface area contributed by atoms with E-state index in [-0.39, 0.29) is 0 Å². The molecular formula is C11H21ClO. The Morgan fingerprint density at radius 1 is 1.08 bits per heavy atom. The highest BCUT2D eigenvalue weighted by molar-refractivity contribution is 6.20. The molecule has 1 aliphatic rings. The zero-order valence-electron chi connectivity index (χ0n) is 8.76. The molecule has 0 amide bonds. The first-order valence-electron chi connectivity index (χ1n) is 5.55. The van der Waals surface area contributed by atoms with E-state index in [0.29, 0.717) is 17.6 Å². The first kappa shape index (κ1) is 11.3. The highest BCUT2D eigenvalue weighted by atomic mass is 35.5. The van der Waals surface area contributed by atoms with Gasteiger partial charge in [-0.25, -0.2) is 0 Å². The van der Waals surface area contributed by atoms with Crippen molar-refractivity contribution in [2.75, 3.05) is 0 Å². The first-order valence-corrected chi connectivity index (χ1v) is 5.99. The van der Waals surface area contributed by atoms with E-state index in [1.807, 2.05) is 0 Å². The molecule has 13 heavy (non-hydrogen) atoms. The van der Waals surface area contributed by atoms with Crippen LogP contribution in [0.3, 0.4) is 0 Å². The summed E-state index contributed by atoms with van der Waals surface area (Å²) >= 11 is 6.20. The summed E-state index contributed by atoms with van der Waals surface area (Å²) in [5, 5.41) is 0.349. The van der Waals surface area contributed by atoms with Crippen molar-refractivity contribution in [1.29, 1.82) is 0 Å². The van der Waals surface area contributed by atoms with Crippen LogP contribution in [0.5, 0.6) is 0 Å². The summed E-state index contributed by atoms with van der Waals surface area (Å²) in [6.07, 6.45) is 7.70. The average molecular weight is 205 g/mol. The quantitative estimate of drug-likeness (QED) is 0.634. The first-order chi connectivity index (χ1) is 6.26. The van der Waals surface area contributed by atoms with Gasteiger partial charge in [-0.15, -0.1) is 11.6 Å². The molecule has 1 saturated heterocycles. The molecule has 0 bridgehead atoms. The van der Waals surface area contributed by atoms with Crippen LogP contribution in [-0.4, -0.2) is 17.6 Å². The van der Waals surface area contributed by atoms with Crippen molar-refractivity contribution in [3.8, 4) is 0 Å². The molecule has 0 radical (unpaired) electrons. The number of hydrogen-bond donors (Lipinski definition) is 0. The van der Waals surface area contributed by atoms with E-state index in [4.69, 9.17) is 16.3 Å². The van der Waals surface area contributed by atoms with Crippen LogP contribution in [-0.2, 0) is 4.74 Å². The summed E-state index contributed by atoms with van der Waals surface area (Å²) in [5.74, 6) is 0. The predicted octanol–water partition coefficient (Wildman–Crippen LogP) is 3.74. The van der Waals surface area contributed by atoms with Crippen LogP contribution in [0, 0.1) is 0 Å². The van der Waals surface area contributed by atoms with E-state index in [1.165, 1.54) is 25.7 Å². The lowest BCUT2D eigenvalue weighted by atomic mass is 9.98. The minimum absolute atomic E-state index is 0.349. The lowest BCUT2D eigenvalue weighted by molar-refractivity contribution is -0.0547. The third kappa shape index (κ3) is 3.86. The Bertz CT molecular complexity index is 124. The minimum Gasteiger partial charge on any atom is -0.375 e. The fourth-order valence-electron chi connectivity index (χ4n) is 2.07. The normalized spacial score (nSPS) is 34.8. The highest BCUT2D eigenvalue weighted by Gasteiger charge is 2.26. The molecule has 0 aromatic heterocycles. The molecule has 78 valence electrons. The van der Waals surface area contributed by atoms with Crippen LogP contribution in [0.4, 0.5) is 0 Å². The van der Waals surface area contributed by atoms with Gasteiger partial charge in [0, 0.05) is 5.38 Å². The SMILES string of the molecule is CCCC1CC(Cl)CC(CCC)O1. The fourth-order valence-corrected chi connectivity index (χ4v) is 2.46. The Kier molecular flexibility index (Phi) is 5.12. The molecule has 1 fully saturated rings. The molecule has 1 nitrogen and oxygen atoms in total. The molecule has 0 aromatic carbocycles. The predicted molar refractivity (Wildman–Crippen MR) is 57.4 cm³/mol. The molecule has 1 heterocycles. The zero-order valence-corrected chi connectivity index (χ0v) is 9.52. The lowest BCUT2D eigenvalue weighted by Gasteiger charge is -2.32. The van der Waals surface area contributed by atoms with Gasteiger partial charge in [-0.1, -0.05) is 26.7 Å². The molecule has 2 heteroatoms. The van der Waals surface area contributed by atoms with Gasteiger partial charge in [-0.05, 0) is 25.7 Å². The minimum atomic E-state index is 0.349. The fraction of sp³-hybridized carbons (Fsp3) is 1.00. The largest absolute Gasteiger partial charge is 0.375 e. The molecule has 1 rings (SSSR count). The van der Waals surface area contributed by atoms with Gasteiger partial charge in [0.25, 0.3) is 0 Å². The number of halogens is 1. The van der Waals surface area contributed by atoms with Gasteiger partial charge in [-0.2, -0.15) is 0 Å². The Morgan fingerprint density at radius 2 is 1.54 bits per heavy atom. The third-order valence-corrected chi connectivity index (χ3v) is 3.00. The molecular weight excluding hydrogens is 184 g/mol. The Labute approximate surface area is 86.8 Å². The summed E-state index contributed by atoms with van der Waals surface area (Å²) in [6, 6.07) is 0. The van der Waals surface area contributed by atoms with Gasteiger partial charge in [0.2, 0.25) is 0 Å². The van der Waals surface area contributed by atoms with Crippen LogP contribution >= 0.6 is 11.6 Å². The lowest BCUT2D eigenvalue weighted by Crippen LogP contribution is -2.33. The van der Waals surface area contributed by atoms with Gasteiger partial charge >= 0.3 is 0 Å². The molecule has 0 N–H and O–H groups in total. The van der Waals surface area contributed by atoms with Crippen molar-refractivity contribution < 1.29 is 4.74 Å². The molecule has 0 spiro atoms. The van der Waals surface area contributed by atoms with Crippen molar-refractivity contribution in [2.45, 2.75) is 70.0 Å². The summed E-state index contributed by atoms with van der Waals surface area (Å²) in [4.78, 5) is 0. The van der Waals surface area contributed by atoms with Crippen molar-refractivity contribution in [3.05, 3.63) is 0 Å². The maximum Gasteiger partial charge on any atom is 0.0592 e. The van der Waals surface area contributed by atoms with E-state index >= 15 is 0 Å². The molecule has 2 unspecified atom stereocenters. The zero-order chi connectivity index (χ0) is 9.68.